The third-order valence-corrected chi connectivity index (χ3v) is 5.63. The fourth-order valence-electron chi connectivity index (χ4n) is 4.04. The summed E-state index contributed by atoms with van der Waals surface area (Å²) in [6, 6.07) is 10.6. The van der Waals surface area contributed by atoms with Gasteiger partial charge in [-0.25, -0.2) is 4.90 Å². The summed E-state index contributed by atoms with van der Waals surface area (Å²) < 4.78 is 21.7. The van der Waals surface area contributed by atoms with Crippen LogP contribution in [0.2, 0.25) is 0 Å². The van der Waals surface area contributed by atoms with Crippen molar-refractivity contribution >= 4 is 23.1 Å². The minimum Gasteiger partial charge on any atom is -0.495 e. The molecule has 0 spiro atoms. The van der Waals surface area contributed by atoms with Crippen LogP contribution in [-0.2, 0) is 14.3 Å². The highest BCUT2D eigenvalue weighted by atomic mass is 16.5. The van der Waals surface area contributed by atoms with Gasteiger partial charge in [-0.05, 0) is 42.3 Å². The predicted molar refractivity (Wildman–Crippen MR) is 119 cm³/mol. The number of ether oxygens (including phenoxy) is 4. The van der Waals surface area contributed by atoms with Crippen LogP contribution in [0.4, 0.5) is 5.69 Å². The van der Waals surface area contributed by atoms with Crippen molar-refractivity contribution in [3.8, 4) is 17.2 Å². The SMILES string of the molecule is COc1ccc(C2=C(N3CCOCC3)C(=O)N(c3cc(C)ccc3OC)C2=O)cc1OC. The van der Waals surface area contributed by atoms with Gasteiger partial charge in [0.05, 0.1) is 45.8 Å². The number of imide groups is 1. The number of morpholine rings is 1. The lowest BCUT2D eigenvalue weighted by molar-refractivity contribution is -0.121. The topological polar surface area (TPSA) is 77.5 Å². The molecule has 0 aromatic heterocycles. The Bertz CT molecular complexity index is 1090. The molecule has 2 heterocycles. The number of hydrogen-bond donors (Lipinski definition) is 0. The van der Waals surface area contributed by atoms with Crippen LogP contribution >= 0.6 is 0 Å². The van der Waals surface area contributed by atoms with E-state index in [1.165, 1.54) is 19.1 Å². The summed E-state index contributed by atoms with van der Waals surface area (Å²) in [4.78, 5) is 30.6. The van der Waals surface area contributed by atoms with E-state index in [4.69, 9.17) is 18.9 Å². The Kier molecular flexibility index (Phi) is 6.05. The molecule has 2 aromatic rings. The van der Waals surface area contributed by atoms with Gasteiger partial charge in [-0.1, -0.05) is 12.1 Å². The van der Waals surface area contributed by atoms with Crippen molar-refractivity contribution < 1.29 is 28.5 Å². The van der Waals surface area contributed by atoms with Gasteiger partial charge in [0.25, 0.3) is 11.8 Å². The van der Waals surface area contributed by atoms with Crippen LogP contribution in [0.25, 0.3) is 5.57 Å². The van der Waals surface area contributed by atoms with Gasteiger partial charge in [-0.3, -0.25) is 9.59 Å². The maximum Gasteiger partial charge on any atom is 0.282 e. The third-order valence-electron chi connectivity index (χ3n) is 5.63. The molecule has 0 radical (unpaired) electrons. The van der Waals surface area contributed by atoms with Crippen molar-refractivity contribution in [2.75, 3.05) is 52.5 Å². The molecule has 0 N–H and O–H groups in total. The van der Waals surface area contributed by atoms with E-state index in [2.05, 4.69) is 0 Å². The van der Waals surface area contributed by atoms with Gasteiger partial charge in [0, 0.05) is 13.1 Å². The molecule has 32 heavy (non-hydrogen) atoms. The van der Waals surface area contributed by atoms with Gasteiger partial charge in [0.1, 0.15) is 11.4 Å². The zero-order chi connectivity index (χ0) is 22.8. The Morgan fingerprint density at radius 1 is 0.812 bits per heavy atom. The van der Waals surface area contributed by atoms with E-state index in [1.807, 2.05) is 17.9 Å². The lowest BCUT2D eigenvalue weighted by Gasteiger charge is -2.29. The second kappa shape index (κ2) is 8.92. The third kappa shape index (κ3) is 3.67. The van der Waals surface area contributed by atoms with E-state index in [0.29, 0.717) is 66.1 Å². The fourth-order valence-corrected chi connectivity index (χ4v) is 4.04. The highest BCUT2D eigenvalue weighted by Crippen LogP contribution is 2.41. The van der Waals surface area contributed by atoms with Crippen LogP contribution in [0.15, 0.2) is 42.1 Å². The number of hydrogen-bond acceptors (Lipinski definition) is 7. The normalized spacial score (nSPS) is 16.6. The Morgan fingerprint density at radius 2 is 1.47 bits per heavy atom. The zero-order valence-electron chi connectivity index (χ0n) is 18.6. The first kappa shape index (κ1) is 21.7. The lowest BCUT2D eigenvalue weighted by atomic mass is 10.0. The van der Waals surface area contributed by atoms with Gasteiger partial charge < -0.3 is 23.8 Å². The molecular weight excluding hydrogens is 412 g/mol. The van der Waals surface area contributed by atoms with Crippen LogP contribution in [0, 0.1) is 6.92 Å². The molecule has 2 aliphatic rings. The average molecular weight is 438 g/mol. The highest BCUT2D eigenvalue weighted by Gasteiger charge is 2.44. The van der Waals surface area contributed by atoms with E-state index in [1.54, 1.807) is 37.4 Å². The Balaban J connectivity index is 1.88. The van der Waals surface area contributed by atoms with E-state index in [-0.39, 0.29) is 5.91 Å². The number of benzene rings is 2. The van der Waals surface area contributed by atoms with E-state index < -0.39 is 5.91 Å². The highest BCUT2D eigenvalue weighted by molar-refractivity contribution is 6.45. The molecule has 0 aliphatic carbocycles. The molecule has 2 aromatic carbocycles. The van der Waals surface area contributed by atoms with Crippen molar-refractivity contribution in [1.82, 2.24) is 4.90 Å². The van der Waals surface area contributed by atoms with Gasteiger partial charge >= 0.3 is 0 Å². The molecule has 0 unspecified atom stereocenters. The van der Waals surface area contributed by atoms with Crippen LogP contribution in [-0.4, -0.2) is 64.3 Å². The monoisotopic (exact) mass is 438 g/mol. The molecule has 0 bridgehead atoms. The van der Waals surface area contributed by atoms with Crippen LogP contribution < -0.4 is 19.1 Å². The Labute approximate surface area is 186 Å². The van der Waals surface area contributed by atoms with Crippen molar-refractivity contribution in [3.05, 3.63) is 53.2 Å². The maximum atomic E-state index is 13.8. The van der Waals surface area contributed by atoms with Crippen LogP contribution in [0.1, 0.15) is 11.1 Å². The minimum absolute atomic E-state index is 0.321. The summed E-state index contributed by atoms with van der Waals surface area (Å²) in [6.45, 7) is 3.91. The second-order valence-corrected chi connectivity index (χ2v) is 7.51. The number of rotatable bonds is 6. The smallest absolute Gasteiger partial charge is 0.282 e. The number of anilines is 1. The first-order chi connectivity index (χ1) is 15.5. The van der Waals surface area contributed by atoms with Crippen molar-refractivity contribution in [2.45, 2.75) is 6.92 Å². The largest absolute Gasteiger partial charge is 0.495 e. The molecule has 0 saturated carbocycles. The molecule has 168 valence electrons. The van der Waals surface area contributed by atoms with E-state index in [9.17, 15) is 9.59 Å². The predicted octanol–water partition coefficient (Wildman–Crippen LogP) is 2.64. The minimum atomic E-state index is -0.410. The summed E-state index contributed by atoms with van der Waals surface area (Å²) in [7, 11) is 4.60. The van der Waals surface area contributed by atoms with Gasteiger partial charge in [0.2, 0.25) is 0 Å². The molecule has 1 saturated heterocycles. The molecule has 0 atom stereocenters. The average Bonchev–Trinajstić information content (AvgIpc) is 3.08. The van der Waals surface area contributed by atoms with Crippen molar-refractivity contribution in [2.24, 2.45) is 0 Å². The number of amides is 2. The Hall–Kier alpha value is -3.52. The Morgan fingerprint density at radius 3 is 2.12 bits per heavy atom. The fraction of sp³-hybridized carbons (Fsp3) is 0.333. The molecule has 2 amide bonds. The first-order valence-electron chi connectivity index (χ1n) is 10.3. The van der Waals surface area contributed by atoms with Crippen molar-refractivity contribution in [1.29, 1.82) is 0 Å². The van der Waals surface area contributed by atoms with Gasteiger partial charge in [0.15, 0.2) is 11.5 Å². The number of nitrogens with zero attached hydrogens (tertiary/aromatic N) is 2. The summed E-state index contributed by atoms with van der Waals surface area (Å²) in [5.74, 6) is 0.676. The van der Waals surface area contributed by atoms with Crippen LogP contribution in [0.3, 0.4) is 0 Å². The van der Waals surface area contributed by atoms with Gasteiger partial charge in [-0.2, -0.15) is 0 Å². The quantitative estimate of drug-likeness (QED) is 0.642. The number of carbonyl (C=O) groups is 2. The lowest BCUT2D eigenvalue weighted by Crippen LogP contribution is -2.40. The molecule has 8 nitrogen and oxygen atoms in total. The number of aryl methyl sites for hydroxylation is 1. The summed E-state index contributed by atoms with van der Waals surface area (Å²) >= 11 is 0. The molecule has 4 rings (SSSR count). The first-order valence-corrected chi connectivity index (χ1v) is 10.3. The van der Waals surface area contributed by atoms with E-state index in [0.717, 1.165) is 5.56 Å². The summed E-state index contributed by atoms with van der Waals surface area (Å²) in [5, 5.41) is 0. The zero-order valence-corrected chi connectivity index (χ0v) is 18.6. The van der Waals surface area contributed by atoms with Crippen molar-refractivity contribution in [3.63, 3.8) is 0 Å². The standard InChI is InChI=1S/C24H26N2O6/c1-15-5-7-18(29-2)17(13-15)26-23(27)21(16-6-8-19(30-3)20(14-16)31-4)22(24(26)28)25-9-11-32-12-10-25/h5-8,13-14H,9-12H2,1-4H3. The number of carbonyl (C=O) groups excluding carboxylic acids is 2. The summed E-state index contributed by atoms with van der Waals surface area (Å²) in [5.41, 5.74) is 2.59. The second-order valence-electron chi connectivity index (χ2n) is 7.51. The van der Waals surface area contributed by atoms with E-state index >= 15 is 0 Å². The molecule has 8 heteroatoms. The van der Waals surface area contributed by atoms with Gasteiger partial charge in [-0.15, -0.1) is 0 Å². The molecule has 1 fully saturated rings. The summed E-state index contributed by atoms with van der Waals surface area (Å²) in [6.07, 6.45) is 0. The number of methoxy groups -OCH3 is 3. The van der Waals surface area contributed by atoms with Crippen LogP contribution in [0.5, 0.6) is 17.2 Å². The maximum absolute atomic E-state index is 13.8. The molecular formula is C24H26N2O6. The molecule has 2 aliphatic heterocycles.